The van der Waals surface area contributed by atoms with E-state index in [2.05, 4.69) is 20.2 Å². The van der Waals surface area contributed by atoms with Crippen LogP contribution in [0.5, 0.6) is 0 Å². The number of thiazole rings is 1. The van der Waals surface area contributed by atoms with Crippen LogP contribution in [0.1, 0.15) is 12.8 Å². The Labute approximate surface area is 182 Å². The molecule has 1 amide bonds. The normalized spacial score (nSPS) is 14.9. The second-order valence-electron chi connectivity index (χ2n) is 7.26. The number of halogens is 1. The summed E-state index contributed by atoms with van der Waals surface area (Å²) >= 11 is 7.37. The minimum atomic E-state index is -0.0477. The van der Waals surface area contributed by atoms with Gasteiger partial charge in [0.25, 0.3) is 6.01 Å². The van der Waals surface area contributed by atoms with Crippen LogP contribution >= 0.6 is 22.9 Å². The van der Waals surface area contributed by atoms with E-state index in [1.807, 2.05) is 53.9 Å². The molecule has 1 saturated heterocycles. The summed E-state index contributed by atoms with van der Waals surface area (Å²) in [5.74, 6) is -0.0299. The molecule has 0 atom stereocenters. The third kappa shape index (κ3) is 3.91. The van der Waals surface area contributed by atoms with Crippen molar-refractivity contribution in [3.8, 4) is 11.3 Å². The van der Waals surface area contributed by atoms with Gasteiger partial charge in [0.1, 0.15) is 5.52 Å². The number of para-hydroxylation sites is 2. The Morgan fingerprint density at radius 2 is 1.87 bits per heavy atom. The number of hydrogen-bond acceptors (Lipinski definition) is 6. The first kappa shape index (κ1) is 19.1. The van der Waals surface area contributed by atoms with E-state index in [9.17, 15) is 4.79 Å². The number of carbonyl (C=O) groups is 1. The van der Waals surface area contributed by atoms with E-state index in [0.29, 0.717) is 16.2 Å². The minimum Gasteiger partial charge on any atom is -0.423 e. The molecule has 1 aliphatic rings. The first-order chi connectivity index (χ1) is 14.7. The second-order valence-corrected chi connectivity index (χ2v) is 8.55. The quantitative estimate of drug-likeness (QED) is 0.458. The molecule has 0 spiro atoms. The number of aromatic nitrogens is 2. The minimum absolute atomic E-state index is 0.0178. The van der Waals surface area contributed by atoms with E-state index in [1.165, 1.54) is 11.3 Å². The van der Waals surface area contributed by atoms with Crippen LogP contribution in [0.3, 0.4) is 0 Å². The lowest BCUT2D eigenvalue weighted by Crippen LogP contribution is -2.38. The van der Waals surface area contributed by atoms with Gasteiger partial charge in [0, 0.05) is 35.0 Å². The highest BCUT2D eigenvalue weighted by atomic mass is 35.5. The smallest absolute Gasteiger partial charge is 0.298 e. The first-order valence-corrected chi connectivity index (χ1v) is 11.0. The number of hydrogen-bond donors (Lipinski definition) is 1. The zero-order chi connectivity index (χ0) is 20.5. The summed E-state index contributed by atoms with van der Waals surface area (Å²) in [6, 6.07) is 15.9. The number of nitrogens with one attached hydrogen (secondary N) is 1. The highest BCUT2D eigenvalue weighted by molar-refractivity contribution is 7.14. The molecule has 152 valence electrons. The third-order valence-electron chi connectivity index (χ3n) is 5.29. The van der Waals surface area contributed by atoms with Gasteiger partial charge in [-0.3, -0.25) is 4.79 Å². The summed E-state index contributed by atoms with van der Waals surface area (Å²) in [6.45, 7) is 1.47. The number of benzene rings is 2. The van der Waals surface area contributed by atoms with Gasteiger partial charge < -0.3 is 14.6 Å². The fourth-order valence-corrected chi connectivity index (χ4v) is 4.47. The van der Waals surface area contributed by atoms with Crippen LogP contribution in [0.15, 0.2) is 58.3 Å². The van der Waals surface area contributed by atoms with Gasteiger partial charge in [-0.25, -0.2) is 4.98 Å². The molecule has 0 aliphatic carbocycles. The Morgan fingerprint density at radius 1 is 1.10 bits per heavy atom. The Morgan fingerprint density at radius 3 is 2.63 bits per heavy atom. The van der Waals surface area contributed by atoms with E-state index in [4.69, 9.17) is 16.0 Å². The Bertz CT molecular complexity index is 1150. The van der Waals surface area contributed by atoms with Gasteiger partial charge in [0.2, 0.25) is 5.91 Å². The Balaban J connectivity index is 1.19. The fraction of sp³-hybridized carbons (Fsp3) is 0.227. The van der Waals surface area contributed by atoms with E-state index in [-0.39, 0.29) is 11.8 Å². The lowest BCUT2D eigenvalue weighted by molar-refractivity contribution is -0.120. The molecule has 4 aromatic rings. The van der Waals surface area contributed by atoms with E-state index >= 15 is 0 Å². The van der Waals surface area contributed by atoms with Gasteiger partial charge in [-0.05, 0) is 37.1 Å². The van der Waals surface area contributed by atoms with E-state index in [0.717, 1.165) is 48.3 Å². The monoisotopic (exact) mass is 438 g/mol. The van der Waals surface area contributed by atoms with Gasteiger partial charge >= 0.3 is 0 Å². The predicted octanol–water partition coefficient (Wildman–Crippen LogP) is 5.46. The van der Waals surface area contributed by atoms with Crippen LogP contribution < -0.4 is 10.2 Å². The molecule has 5 rings (SSSR count). The highest BCUT2D eigenvalue weighted by Gasteiger charge is 2.27. The SMILES string of the molecule is O=C(Nc1nc(-c2ccc(Cl)cc2)cs1)C1CCN(c2nc3ccccc3o2)CC1. The molecule has 1 N–H and O–H groups in total. The molecule has 1 aliphatic heterocycles. The molecule has 30 heavy (non-hydrogen) atoms. The number of rotatable bonds is 4. The van der Waals surface area contributed by atoms with Crippen molar-refractivity contribution in [2.24, 2.45) is 5.92 Å². The molecular formula is C22H19ClN4O2S. The number of oxazole rings is 1. The standard InChI is InChI=1S/C22H19ClN4O2S/c23-16-7-5-14(6-8-16)18-13-30-21(24-18)26-20(28)15-9-11-27(12-10-15)22-25-17-3-1-2-4-19(17)29-22/h1-8,13,15H,9-12H2,(H,24,26,28). The number of piperidine rings is 1. The average Bonchev–Trinajstić information content (AvgIpc) is 3.41. The molecule has 0 saturated carbocycles. The molecular weight excluding hydrogens is 420 g/mol. The topological polar surface area (TPSA) is 71.3 Å². The third-order valence-corrected chi connectivity index (χ3v) is 6.30. The Kier molecular flexibility index (Phi) is 5.14. The molecule has 3 heterocycles. The molecule has 6 nitrogen and oxygen atoms in total. The van der Waals surface area contributed by atoms with Crippen molar-refractivity contribution < 1.29 is 9.21 Å². The zero-order valence-corrected chi connectivity index (χ0v) is 17.6. The lowest BCUT2D eigenvalue weighted by Gasteiger charge is -2.29. The summed E-state index contributed by atoms with van der Waals surface area (Å²) in [7, 11) is 0. The Hall–Kier alpha value is -2.90. The van der Waals surface area contributed by atoms with Crippen LogP contribution in [-0.4, -0.2) is 29.0 Å². The predicted molar refractivity (Wildman–Crippen MR) is 120 cm³/mol. The van der Waals surface area contributed by atoms with Gasteiger partial charge in [-0.15, -0.1) is 11.3 Å². The average molecular weight is 439 g/mol. The molecule has 0 unspecified atom stereocenters. The van der Waals surface area contributed by atoms with Gasteiger partial charge in [0.05, 0.1) is 5.69 Å². The highest BCUT2D eigenvalue weighted by Crippen LogP contribution is 2.29. The molecule has 2 aromatic carbocycles. The number of carbonyl (C=O) groups excluding carboxylic acids is 1. The van der Waals surface area contributed by atoms with Crippen LogP contribution in [0.2, 0.25) is 5.02 Å². The molecule has 2 aromatic heterocycles. The van der Waals surface area contributed by atoms with E-state index in [1.54, 1.807) is 0 Å². The van der Waals surface area contributed by atoms with Crippen molar-refractivity contribution in [2.75, 3.05) is 23.3 Å². The second kappa shape index (κ2) is 8.08. The van der Waals surface area contributed by atoms with Crippen molar-refractivity contribution in [2.45, 2.75) is 12.8 Å². The number of anilines is 2. The summed E-state index contributed by atoms with van der Waals surface area (Å²) < 4.78 is 5.85. The number of nitrogens with zero attached hydrogens (tertiary/aromatic N) is 3. The number of fused-ring (bicyclic) bond motifs is 1. The van der Waals surface area contributed by atoms with Crippen molar-refractivity contribution in [3.05, 3.63) is 58.9 Å². The lowest BCUT2D eigenvalue weighted by atomic mass is 9.96. The van der Waals surface area contributed by atoms with Crippen LogP contribution in [0.25, 0.3) is 22.4 Å². The first-order valence-electron chi connectivity index (χ1n) is 9.78. The maximum absolute atomic E-state index is 12.7. The van der Waals surface area contributed by atoms with Crippen LogP contribution in [0.4, 0.5) is 11.1 Å². The summed E-state index contributed by atoms with van der Waals surface area (Å²) in [5, 5.41) is 6.22. The van der Waals surface area contributed by atoms with Gasteiger partial charge in [-0.2, -0.15) is 4.98 Å². The van der Waals surface area contributed by atoms with E-state index < -0.39 is 0 Å². The maximum Gasteiger partial charge on any atom is 0.298 e. The van der Waals surface area contributed by atoms with Crippen molar-refractivity contribution in [3.63, 3.8) is 0 Å². The number of amides is 1. The van der Waals surface area contributed by atoms with Crippen molar-refractivity contribution in [1.29, 1.82) is 0 Å². The maximum atomic E-state index is 12.7. The van der Waals surface area contributed by atoms with Gasteiger partial charge in [-0.1, -0.05) is 35.9 Å². The largest absolute Gasteiger partial charge is 0.423 e. The molecule has 8 heteroatoms. The summed E-state index contributed by atoms with van der Waals surface area (Å²) in [4.78, 5) is 23.9. The fourth-order valence-electron chi connectivity index (χ4n) is 3.62. The van der Waals surface area contributed by atoms with Crippen molar-refractivity contribution in [1.82, 2.24) is 9.97 Å². The molecule has 1 fully saturated rings. The van der Waals surface area contributed by atoms with Crippen LogP contribution in [0, 0.1) is 5.92 Å². The molecule has 0 radical (unpaired) electrons. The zero-order valence-electron chi connectivity index (χ0n) is 16.0. The molecule has 0 bridgehead atoms. The van der Waals surface area contributed by atoms with Crippen molar-refractivity contribution >= 4 is 51.1 Å². The van der Waals surface area contributed by atoms with Gasteiger partial charge in [0.15, 0.2) is 10.7 Å². The van der Waals surface area contributed by atoms with Crippen LogP contribution in [-0.2, 0) is 4.79 Å². The summed E-state index contributed by atoms with van der Waals surface area (Å²) in [5.41, 5.74) is 3.45. The summed E-state index contributed by atoms with van der Waals surface area (Å²) in [6.07, 6.45) is 1.50.